The fraction of sp³-hybridized carbons (Fsp3) is 0.444. The van der Waals surface area contributed by atoms with E-state index >= 15 is 0 Å². The molecule has 1 N–H and O–H groups in total. The summed E-state index contributed by atoms with van der Waals surface area (Å²) in [5.74, 6) is 0.389. The SMILES string of the molecule is Cc1cc(C)c(OCC(=O)c2ccc3c(c2)N(CC(=O)NCCN2CCCC2)C(=O)CO3)c(C)c1. The molecule has 0 aromatic heterocycles. The van der Waals surface area contributed by atoms with E-state index in [2.05, 4.69) is 10.2 Å². The van der Waals surface area contributed by atoms with Crippen molar-refractivity contribution in [2.75, 3.05) is 50.8 Å². The summed E-state index contributed by atoms with van der Waals surface area (Å²) < 4.78 is 11.4. The highest BCUT2D eigenvalue weighted by atomic mass is 16.5. The lowest BCUT2D eigenvalue weighted by atomic mass is 10.1. The van der Waals surface area contributed by atoms with Crippen LogP contribution in [0, 0.1) is 20.8 Å². The van der Waals surface area contributed by atoms with E-state index in [9.17, 15) is 14.4 Å². The lowest BCUT2D eigenvalue weighted by Crippen LogP contribution is -2.46. The third kappa shape index (κ3) is 6.00. The standard InChI is InChI=1S/C27H33N3O5/c1-18-12-19(2)27(20(3)13-18)35-16-23(31)21-6-7-24-22(14-21)30(26(33)17-34-24)15-25(32)28-8-11-29-9-4-5-10-29/h6-7,12-14H,4-5,8-11,15-17H2,1-3H3,(H,28,32). The van der Waals surface area contributed by atoms with E-state index < -0.39 is 0 Å². The van der Waals surface area contributed by atoms with Crippen LogP contribution < -0.4 is 19.7 Å². The van der Waals surface area contributed by atoms with Crippen molar-refractivity contribution in [1.29, 1.82) is 0 Å². The van der Waals surface area contributed by atoms with Crippen LogP contribution in [0.2, 0.25) is 0 Å². The number of ether oxygens (including phenoxy) is 2. The Kier molecular flexibility index (Phi) is 7.70. The summed E-state index contributed by atoms with van der Waals surface area (Å²) in [5, 5.41) is 2.90. The van der Waals surface area contributed by atoms with E-state index in [4.69, 9.17) is 9.47 Å². The number of amides is 2. The highest BCUT2D eigenvalue weighted by molar-refractivity contribution is 6.04. The Hall–Kier alpha value is -3.39. The summed E-state index contributed by atoms with van der Waals surface area (Å²) in [6.45, 7) is 9.01. The minimum atomic E-state index is -0.320. The smallest absolute Gasteiger partial charge is 0.265 e. The summed E-state index contributed by atoms with van der Waals surface area (Å²) >= 11 is 0. The lowest BCUT2D eigenvalue weighted by molar-refractivity contribution is -0.125. The van der Waals surface area contributed by atoms with Gasteiger partial charge in [0, 0.05) is 18.7 Å². The fourth-order valence-electron chi connectivity index (χ4n) is 4.72. The van der Waals surface area contributed by atoms with Crippen molar-refractivity contribution in [1.82, 2.24) is 10.2 Å². The molecule has 2 amide bonds. The summed E-state index contributed by atoms with van der Waals surface area (Å²) in [4.78, 5) is 41.7. The third-order valence-corrected chi connectivity index (χ3v) is 6.43. The minimum absolute atomic E-state index is 0.120. The van der Waals surface area contributed by atoms with Crippen molar-refractivity contribution < 1.29 is 23.9 Å². The van der Waals surface area contributed by atoms with Gasteiger partial charge in [-0.3, -0.25) is 19.3 Å². The van der Waals surface area contributed by atoms with Gasteiger partial charge in [0.05, 0.1) is 5.69 Å². The molecule has 8 heteroatoms. The molecular weight excluding hydrogens is 446 g/mol. The number of ketones is 1. The molecule has 0 atom stereocenters. The zero-order chi connectivity index (χ0) is 24.9. The minimum Gasteiger partial charge on any atom is -0.485 e. The number of likely N-dealkylation sites (tertiary alicyclic amines) is 1. The fourth-order valence-corrected chi connectivity index (χ4v) is 4.72. The Balaban J connectivity index is 1.41. The van der Waals surface area contributed by atoms with Gasteiger partial charge in [0.25, 0.3) is 5.91 Å². The number of nitrogens with zero attached hydrogens (tertiary/aromatic N) is 2. The molecule has 0 aliphatic carbocycles. The van der Waals surface area contributed by atoms with Gasteiger partial charge in [0.2, 0.25) is 5.91 Å². The van der Waals surface area contributed by atoms with Crippen LogP contribution in [0.15, 0.2) is 30.3 Å². The molecule has 2 aromatic rings. The average Bonchev–Trinajstić information content (AvgIpc) is 3.33. The molecule has 2 aromatic carbocycles. The number of Topliss-reactive ketones (excluding diaryl/α,β-unsaturated/α-hetero) is 1. The Bertz CT molecular complexity index is 1100. The van der Waals surface area contributed by atoms with Gasteiger partial charge in [-0.25, -0.2) is 0 Å². The van der Waals surface area contributed by atoms with Gasteiger partial charge in [-0.05, 0) is 76.0 Å². The lowest BCUT2D eigenvalue weighted by Gasteiger charge is -2.29. The largest absolute Gasteiger partial charge is 0.485 e. The topological polar surface area (TPSA) is 88.2 Å². The molecule has 8 nitrogen and oxygen atoms in total. The van der Waals surface area contributed by atoms with E-state index in [0.717, 1.165) is 36.3 Å². The number of aryl methyl sites for hydroxylation is 3. The molecule has 0 saturated carbocycles. The summed E-state index contributed by atoms with van der Waals surface area (Å²) in [7, 11) is 0. The second-order valence-electron chi connectivity index (χ2n) is 9.29. The molecule has 0 radical (unpaired) electrons. The second-order valence-corrected chi connectivity index (χ2v) is 9.29. The molecule has 0 spiro atoms. The molecule has 35 heavy (non-hydrogen) atoms. The van der Waals surface area contributed by atoms with Gasteiger partial charge in [0.15, 0.2) is 19.0 Å². The second kappa shape index (κ2) is 10.9. The molecule has 1 fully saturated rings. The Labute approximate surface area is 206 Å². The van der Waals surface area contributed by atoms with Gasteiger partial charge in [-0.15, -0.1) is 0 Å². The quantitative estimate of drug-likeness (QED) is 0.557. The van der Waals surface area contributed by atoms with Crippen LogP contribution in [0.5, 0.6) is 11.5 Å². The molecule has 0 bridgehead atoms. The van der Waals surface area contributed by atoms with Crippen molar-refractivity contribution in [2.24, 2.45) is 0 Å². The van der Waals surface area contributed by atoms with Crippen LogP contribution >= 0.6 is 0 Å². The normalized spacial score (nSPS) is 15.5. The molecule has 2 heterocycles. The maximum Gasteiger partial charge on any atom is 0.265 e. The number of carbonyl (C=O) groups is 3. The first-order valence-electron chi connectivity index (χ1n) is 12.1. The van der Waals surface area contributed by atoms with Gasteiger partial charge < -0.3 is 19.7 Å². The number of anilines is 1. The molecule has 2 aliphatic heterocycles. The number of nitrogens with one attached hydrogen (secondary N) is 1. The monoisotopic (exact) mass is 479 g/mol. The van der Waals surface area contributed by atoms with E-state index in [1.165, 1.54) is 17.7 Å². The number of benzene rings is 2. The van der Waals surface area contributed by atoms with Crippen molar-refractivity contribution in [2.45, 2.75) is 33.6 Å². The molecule has 4 rings (SSSR count). The predicted molar refractivity (Wildman–Crippen MR) is 133 cm³/mol. The van der Waals surface area contributed by atoms with E-state index in [1.807, 2.05) is 32.9 Å². The van der Waals surface area contributed by atoms with Gasteiger partial charge in [-0.2, -0.15) is 0 Å². The van der Waals surface area contributed by atoms with Crippen LogP contribution in [-0.4, -0.2) is 68.4 Å². The Morgan fingerprint density at radius 3 is 2.49 bits per heavy atom. The van der Waals surface area contributed by atoms with Crippen LogP contribution in [-0.2, 0) is 9.59 Å². The van der Waals surface area contributed by atoms with Crippen molar-refractivity contribution in [3.05, 3.63) is 52.6 Å². The number of rotatable bonds is 9. The van der Waals surface area contributed by atoms with E-state index in [0.29, 0.717) is 29.3 Å². The zero-order valence-electron chi connectivity index (χ0n) is 20.7. The number of hydrogen-bond acceptors (Lipinski definition) is 6. The summed E-state index contributed by atoms with van der Waals surface area (Å²) in [6.07, 6.45) is 2.40. The Morgan fingerprint density at radius 1 is 1.06 bits per heavy atom. The maximum absolute atomic E-state index is 12.9. The highest BCUT2D eigenvalue weighted by Gasteiger charge is 2.28. The van der Waals surface area contributed by atoms with Crippen LogP contribution in [0.4, 0.5) is 5.69 Å². The first kappa shape index (κ1) is 24.7. The van der Waals surface area contributed by atoms with E-state index in [-0.39, 0.29) is 37.4 Å². The molecule has 0 unspecified atom stereocenters. The first-order chi connectivity index (χ1) is 16.8. The maximum atomic E-state index is 12.9. The van der Waals surface area contributed by atoms with Gasteiger partial charge in [-0.1, -0.05) is 17.7 Å². The van der Waals surface area contributed by atoms with Crippen LogP contribution in [0.25, 0.3) is 0 Å². The first-order valence-corrected chi connectivity index (χ1v) is 12.1. The van der Waals surface area contributed by atoms with Gasteiger partial charge >= 0.3 is 0 Å². The van der Waals surface area contributed by atoms with E-state index in [1.54, 1.807) is 18.2 Å². The third-order valence-electron chi connectivity index (χ3n) is 6.43. The summed E-state index contributed by atoms with van der Waals surface area (Å²) in [5.41, 5.74) is 3.90. The molecule has 2 aliphatic rings. The van der Waals surface area contributed by atoms with Crippen molar-refractivity contribution >= 4 is 23.3 Å². The van der Waals surface area contributed by atoms with Crippen LogP contribution in [0.3, 0.4) is 0 Å². The number of carbonyl (C=O) groups excluding carboxylic acids is 3. The summed E-state index contributed by atoms with van der Waals surface area (Å²) in [6, 6.07) is 8.95. The average molecular weight is 480 g/mol. The Morgan fingerprint density at radius 2 is 1.77 bits per heavy atom. The molecular formula is C27H33N3O5. The van der Waals surface area contributed by atoms with Crippen LogP contribution in [0.1, 0.15) is 39.9 Å². The van der Waals surface area contributed by atoms with Gasteiger partial charge in [0.1, 0.15) is 18.0 Å². The van der Waals surface area contributed by atoms with Crippen molar-refractivity contribution in [3.8, 4) is 11.5 Å². The zero-order valence-corrected chi connectivity index (χ0v) is 20.7. The number of fused-ring (bicyclic) bond motifs is 1. The number of hydrogen-bond donors (Lipinski definition) is 1. The molecule has 1 saturated heterocycles. The predicted octanol–water partition coefficient (Wildman–Crippen LogP) is 2.81. The van der Waals surface area contributed by atoms with Crippen molar-refractivity contribution in [3.63, 3.8) is 0 Å². The molecule has 186 valence electrons. The highest BCUT2D eigenvalue weighted by Crippen LogP contribution is 2.33.